The lowest BCUT2D eigenvalue weighted by Crippen LogP contribution is -2.46. The van der Waals surface area contributed by atoms with Crippen molar-refractivity contribution in [1.82, 2.24) is 15.5 Å². The number of ether oxygens (including phenoxy) is 1. The molecule has 1 aliphatic heterocycles. The van der Waals surface area contributed by atoms with Crippen molar-refractivity contribution in [2.24, 2.45) is 5.92 Å². The Kier molecular flexibility index (Phi) is 6.61. The van der Waals surface area contributed by atoms with Gasteiger partial charge in [-0.1, -0.05) is 12.1 Å². The van der Waals surface area contributed by atoms with E-state index >= 15 is 0 Å². The van der Waals surface area contributed by atoms with Crippen LogP contribution in [0, 0.1) is 5.92 Å². The second-order valence-electron chi connectivity index (χ2n) is 6.12. The molecule has 24 heavy (non-hydrogen) atoms. The second kappa shape index (κ2) is 8.68. The highest BCUT2D eigenvalue weighted by Crippen LogP contribution is 2.36. The molecule has 1 aliphatic rings. The fraction of sp³-hybridized carbons (Fsp3) is 0.556. The summed E-state index contributed by atoms with van der Waals surface area (Å²) in [5.41, 5.74) is 0.960. The Hall–Kier alpha value is -2.08. The van der Waals surface area contributed by atoms with Crippen LogP contribution < -0.4 is 15.4 Å². The van der Waals surface area contributed by atoms with Crippen LogP contribution in [-0.4, -0.2) is 51.0 Å². The number of likely N-dealkylation sites (tertiary alicyclic amines) is 1. The van der Waals surface area contributed by atoms with Crippen LogP contribution >= 0.6 is 0 Å². The van der Waals surface area contributed by atoms with Crippen molar-refractivity contribution in [3.05, 3.63) is 29.8 Å². The summed E-state index contributed by atoms with van der Waals surface area (Å²) in [7, 11) is 5.29. The smallest absolute Gasteiger partial charge is 0.225 e. The summed E-state index contributed by atoms with van der Waals surface area (Å²) in [6, 6.07) is 7.36. The third-order valence-corrected chi connectivity index (χ3v) is 4.56. The van der Waals surface area contributed by atoms with Crippen LogP contribution in [0.5, 0.6) is 5.75 Å². The maximum atomic E-state index is 12.6. The molecule has 1 saturated heterocycles. The van der Waals surface area contributed by atoms with Gasteiger partial charge in [0.1, 0.15) is 5.75 Å². The van der Waals surface area contributed by atoms with Gasteiger partial charge < -0.3 is 20.3 Å². The van der Waals surface area contributed by atoms with E-state index in [0.717, 1.165) is 24.3 Å². The SMILES string of the molecule is CNCCCNC(=O)C1CCC(=O)N(C)C1c1ccc(OC)cc1. The first-order chi connectivity index (χ1) is 11.6. The average molecular weight is 333 g/mol. The van der Waals surface area contributed by atoms with Crippen LogP contribution in [0.15, 0.2) is 24.3 Å². The zero-order valence-corrected chi connectivity index (χ0v) is 14.7. The van der Waals surface area contributed by atoms with Gasteiger partial charge in [-0.05, 0) is 44.1 Å². The van der Waals surface area contributed by atoms with Crippen molar-refractivity contribution in [3.8, 4) is 5.75 Å². The summed E-state index contributed by atoms with van der Waals surface area (Å²) in [5, 5.41) is 6.07. The Labute approximate surface area is 143 Å². The zero-order chi connectivity index (χ0) is 17.5. The molecule has 6 heteroatoms. The number of hydrogen-bond acceptors (Lipinski definition) is 4. The van der Waals surface area contributed by atoms with Crippen molar-refractivity contribution < 1.29 is 14.3 Å². The molecule has 2 rings (SSSR count). The molecule has 2 unspecified atom stereocenters. The summed E-state index contributed by atoms with van der Waals surface area (Å²) in [6.45, 7) is 1.51. The third-order valence-electron chi connectivity index (χ3n) is 4.56. The van der Waals surface area contributed by atoms with Gasteiger partial charge in [-0.3, -0.25) is 9.59 Å². The summed E-state index contributed by atoms with van der Waals surface area (Å²) in [6.07, 6.45) is 1.88. The summed E-state index contributed by atoms with van der Waals surface area (Å²) >= 11 is 0. The van der Waals surface area contributed by atoms with E-state index in [1.165, 1.54) is 0 Å². The largest absolute Gasteiger partial charge is 0.497 e. The van der Waals surface area contributed by atoms with Gasteiger partial charge >= 0.3 is 0 Å². The minimum Gasteiger partial charge on any atom is -0.497 e. The number of benzene rings is 1. The van der Waals surface area contributed by atoms with Gasteiger partial charge in [-0.15, -0.1) is 0 Å². The van der Waals surface area contributed by atoms with Crippen LogP contribution in [-0.2, 0) is 9.59 Å². The highest BCUT2D eigenvalue weighted by Gasteiger charge is 2.38. The number of nitrogens with zero attached hydrogens (tertiary/aromatic N) is 1. The van der Waals surface area contributed by atoms with E-state index in [4.69, 9.17) is 4.74 Å². The molecular weight excluding hydrogens is 306 g/mol. The monoisotopic (exact) mass is 333 g/mol. The van der Waals surface area contributed by atoms with Gasteiger partial charge in [0, 0.05) is 20.0 Å². The van der Waals surface area contributed by atoms with E-state index in [9.17, 15) is 9.59 Å². The lowest BCUT2D eigenvalue weighted by molar-refractivity contribution is -0.141. The lowest BCUT2D eigenvalue weighted by Gasteiger charge is -2.38. The molecule has 1 aromatic rings. The molecule has 0 radical (unpaired) electrons. The molecule has 0 saturated carbocycles. The molecule has 1 fully saturated rings. The Morgan fingerprint density at radius 1 is 1.29 bits per heavy atom. The van der Waals surface area contributed by atoms with Crippen LogP contribution in [0.25, 0.3) is 0 Å². The number of amides is 2. The highest BCUT2D eigenvalue weighted by molar-refractivity contribution is 5.84. The van der Waals surface area contributed by atoms with E-state index in [0.29, 0.717) is 19.4 Å². The number of hydrogen-bond donors (Lipinski definition) is 2. The van der Waals surface area contributed by atoms with Gasteiger partial charge in [0.15, 0.2) is 0 Å². The molecule has 2 N–H and O–H groups in total. The molecule has 2 atom stereocenters. The standard InChI is InChI=1S/C18H27N3O3/c1-19-11-4-12-20-18(23)15-9-10-16(22)21(2)17(15)13-5-7-14(24-3)8-6-13/h5-8,15,17,19H,4,9-12H2,1-3H3,(H,20,23). The first-order valence-corrected chi connectivity index (χ1v) is 8.40. The Morgan fingerprint density at radius 3 is 2.62 bits per heavy atom. The zero-order valence-electron chi connectivity index (χ0n) is 14.7. The van der Waals surface area contributed by atoms with Gasteiger partial charge in [0.25, 0.3) is 0 Å². The molecule has 6 nitrogen and oxygen atoms in total. The molecule has 1 aromatic carbocycles. The summed E-state index contributed by atoms with van der Waals surface area (Å²) < 4.78 is 5.19. The maximum Gasteiger partial charge on any atom is 0.225 e. The van der Waals surface area contributed by atoms with Gasteiger partial charge in [0.2, 0.25) is 11.8 Å². The second-order valence-corrected chi connectivity index (χ2v) is 6.12. The predicted molar refractivity (Wildman–Crippen MR) is 92.8 cm³/mol. The van der Waals surface area contributed by atoms with Crippen molar-refractivity contribution in [3.63, 3.8) is 0 Å². The average Bonchev–Trinajstić information content (AvgIpc) is 2.61. The highest BCUT2D eigenvalue weighted by atomic mass is 16.5. The summed E-state index contributed by atoms with van der Waals surface area (Å²) in [4.78, 5) is 26.5. The van der Waals surface area contributed by atoms with Gasteiger partial charge in [-0.25, -0.2) is 0 Å². The molecule has 132 valence electrons. The van der Waals surface area contributed by atoms with Crippen molar-refractivity contribution in [2.45, 2.75) is 25.3 Å². The van der Waals surface area contributed by atoms with Crippen molar-refractivity contribution in [2.75, 3.05) is 34.3 Å². The topological polar surface area (TPSA) is 70.7 Å². The molecule has 1 heterocycles. The fourth-order valence-corrected chi connectivity index (χ4v) is 3.18. The van der Waals surface area contributed by atoms with E-state index in [2.05, 4.69) is 10.6 Å². The first kappa shape index (κ1) is 18.3. The molecule has 0 spiro atoms. The minimum absolute atomic E-state index is 0.0197. The summed E-state index contributed by atoms with van der Waals surface area (Å²) in [5.74, 6) is 0.633. The molecule has 0 aromatic heterocycles. The maximum absolute atomic E-state index is 12.6. The van der Waals surface area contributed by atoms with Crippen molar-refractivity contribution >= 4 is 11.8 Å². The normalized spacial score (nSPS) is 20.8. The fourth-order valence-electron chi connectivity index (χ4n) is 3.18. The lowest BCUT2D eigenvalue weighted by atomic mass is 9.84. The van der Waals surface area contributed by atoms with Crippen LogP contribution in [0.2, 0.25) is 0 Å². The Balaban J connectivity index is 2.14. The third kappa shape index (κ3) is 4.26. The molecular formula is C18H27N3O3. The van der Waals surface area contributed by atoms with E-state index in [1.807, 2.05) is 31.3 Å². The van der Waals surface area contributed by atoms with Gasteiger partial charge in [-0.2, -0.15) is 0 Å². The van der Waals surface area contributed by atoms with Crippen molar-refractivity contribution in [1.29, 1.82) is 0 Å². The first-order valence-electron chi connectivity index (χ1n) is 8.40. The Morgan fingerprint density at radius 2 is 2.00 bits per heavy atom. The predicted octanol–water partition coefficient (Wildman–Crippen LogP) is 1.33. The van der Waals surface area contributed by atoms with E-state index in [-0.39, 0.29) is 23.8 Å². The molecule has 2 amide bonds. The quantitative estimate of drug-likeness (QED) is 0.739. The van der Waals surface area contributed by atoms with Crippen LogP contribution in [0.4, 0.5) is 0 Å². The number of carbonyl (C=O) groups is 2. The van der Waals surface area contributed by atoms with Gasteiger partial charge in [0.05, 0.1) is 19.1 Å². The Bertz CT molecular complexity index is 559. The number of piperidine rings is 1. The number of rotatable bonds is 7. The van der Waals surface area contributed by atoms with E-state index < -0.39 is 0 Å². The number of nitrogens with one attached hydrogen (secondary N) is 2. The van der Waals surface area contributed by atoms with Crippen LogP contribution in [0.3, 0.4) is 0 Å². The van der Waals surface area contributed by atoms with E-state index in [1.54, 1.807) is 19.1 Å². The number of methoxy groups -OCH3 is 1. The number of carbonyl (C=O) groups excluding carboxylic acids is 2. The van der Waals surface area contributed by atoms with Crippen LogP contribution in [0.1, 0.15) is 30.9 Å². The molecule has 0 aliphatic carbocycles. The minimum atomic E-state index is -0.235. The molecule has 0 bridgehead atoms.